The minimum Gasteiger partial charge on any atom is -1.00 e. The van der Waals surface area contributed by atoms with Gasteiger partial charge in [-0.25, -0.2) is 0 Å². The number of allylic oxidation sites excluding steroid dienone is 1. The number of ether oxygens (including phenoxy) is 1. The molecule has 0 aromatic carbocycles. The SMILES string of the molecule is CCCCCC[C@@H](O)C/C=C\CCCCCCCC(=O)OCCCC.O=S(=O)(O)O.[H-].[Na+]. The van der Waals surface area contributed by atoms with Crippen LogP contribution in [0.25, 0.3) is 0 Å². The Morgan fingerprint density at radius 3 is 2.06 bits per heavy atom. The maximum Gasteiger partial charge on any atom is 1.00 e. The molecule has 31 heavy (non-hydrogen) atoms. The third-order valence-electron chi connectivity index (χ3n) is 4.48. The van der Waals surface area contributed by atoms with Crippen molar-refractivity contribution in [1.82, 2.24) is 0 Å². The minimum absolute atomic E-state index is 0. The predicted molar refractivity (Wildman–Crippen MR) is 122 cm³/mol. The fourth-order valence-corrected chi connectivity index (χ4v) is 2.76. The van der Waals surface area contributed by atoms with Crippen LogP contribution >= 0.6 is 0 Å². The van der Waals surface area contributed by atoms with Gasteiger partial charge in [0.05, 0.1) is 12.7 Å². The van der Waals surface area contributed by atoms with Crippen molar-refractivity contribution in [2.75, 3.05) is 6.61 Å². The molecule has 0 spiro atoms. The second-order valence-electron chi connectivity index (χ2n) is 7.54. The second-order valence-corrected chi connectivity index (χ2v) is 8.43. The maximum atomic E-state index is 11.4. The largest absolute Gasteiger partial charge is 1.00 e. The first-order valence-electron chi connectivity index (χ1n) is 11.4. The molecule has 0 saturated carbocycles. The molecule has 0 aromatic heterocycles. The Morgan fingerprint density at radius 2 is 1.45 bits per heavy atom. The predicted octanol–water partition coefficient (Wildman–Crippen LogP) is 2.80. The Balaban J connectivity index is -0.000000501. The Hall–Kier alpha value is 0.0400. The number of aliphatic hydroxyl groups is 1. The van der Waals surface area contributed by atoms with Gasteiger partial charge in [0.15, 0.2) is 0 Å². The van der Waals surface area contributed by atoms with E-state index in [9.17, 15) is 9.90 Å². The molecule has 1 atom stereocenters. The summed E-state index contributed by atoms with van der Waals surface area (Å²) in [5.41, 5.74) is 0. The van der Waals surface area contributed by atoms with Gasteiger partial charge in [0.1, 0.15) is 0 Å². The molecule has 0 amide bonds. The van der Waals surface area contributed by atoms with Crippen LogP contribution in [0, 0.1) is 0 Å². The van der Waals surface area contributed by atoms with Gasteiger partial charge in [0.2, 0.25) is 0 Å². The number of esters is 1. The van der Waals surface area contributed by atoms with E-state index in [2.05, 4.69) is 26.0 Å². The van der Waals surface area contributed by atoms with E-state index in [0.717, 1.165) is 51.4 Å². The van der Waals surface area contributed by atoms with Crippen molar-refractivity contribution in [1.29, 1.82) is 0 Å². The summed E-state index contributed by atoms with van der Waals surface area (Å²) in [6, 6.07) is 0. The number of carbonyl (C=O) groups excluding carboxylic acids is 1. The number of carbonyl (C=O) groups is 1. The summed E-state index contributed by atoms with van der Waals surface area (Å²) < 4.78 is 36.7. The van der Waals surface area contributed by atoms with E-state index >= 15 is 0 Å². The molecule has 0 aliphatic rings. The molecule has 0 aliphatic heterocycles. The topological polar surface area (TPSA) is 121 Å². The molecular formula is C22H45NaO7S. The first-order valence-corrected chi connectivity index (χ1v) is 12.8. The molecule has 182 valence electrons. The number of aliphatic hydroxyl groups excluding tert-OH is 1. The molecule has 0 unspecified atom stereocenters. The van der Waals surface area contributed by atoms with Crippen LogP contribution in [-0.2, 0) is 19.9 Å². The summed E-state index contributed by atoms with van der Waals surface area (Å²) in [7, 11) is -4.67. The number of hydrogen-bond acceptors (Lipinski definition) is 5. The van der Waals surface area contributed by atoms with E-state index in [0.29, 0.717) is 13.0 Å². The van der Waals surface area contributed by atoms with Gasteiger partial charge in [-0.05, 0) is 38.5 Å². The molecule has 0 radical (unpaired) electrons. The average Bonchev–Trinajstić information content (AvgIpc) is 2.65. The van der Waals surface area contributed by atoms with Crippen LogP contribution in [0.1, 0.15) is 112 Å². The summed E-state index contributed by atoms with van der Waals surface area (Å²) in [4.78, 5) is 11.4. The number of rotatable bonds is 18. The summed E-state index contributed by atoms with van der Waals surface area (Å²) >= 11 is 0. The smallest absolute Gasteiger partial charge is 1.00 e. The molecule has 0 bridgehead atoms. The van der Waals surface area contributed by atoms with Gasteiger partial charge in [0.25, 0.3) is 0 Å². The van der Waals surface area contributed by atoms with Crippen molar-refractivity contribution in [3.05, 3.63) is 12.2 Å². The maximum absolute atomic E-state index is 11.4. The fourth-order valence-electron chi connectivity index (χ4n) is 2.76. The van der Waals surface area contributed by atoms with Gasteiger partial charge in [-0.3, -0.25) is 13.9 Å². The molecule has 9 heteroatoms. The van der Waals surface area contributed by atoms with Crippen LogP contribution < -0.4 is 29.6 Å². The Kier molecular flexibility index (Phi) is 30.2. The minimum atomic E-state index is -4.67. The van der Waals surface area contributed by atoms with Crippen molar-refractivity contribution >= 4 is 16.4 Å². The van der Waals surface area contributed by atoms with E-state index < -0.39 is 10.4 Å². The van der Waals surface area contributed by atoms with E-state index in [4.69, 9.17) is 22.3 Å². The average molecular weight is 477 g/mol. The third-order valence-corrected chi connectivity index (χ3v) is 4.48. The van der Waals surface area contributed by atoms with Gasteiger partial charge in [0, 0.05) is 6.42 Å². The summed E-state index contributed by atoms with van der Waals surface area (Å²) in [5.74, 6) is -0.0374. The summed E-state index contributed by atoms with van der Waals surface area (Å²) in [5, 5.41) is 9.87. The van der Waals surface area contributed by atoms with Crippen molar-refractivity contribution in [3.8, 4) is 0 Å². The van der Waals surface area contributed by atoms with Gasteiger partial charge >= 0.3 is 45.9 Å². The molecule has 3 N–H and O–H groups in total. The quantitative estimate of drug-likeness (QED) is 0.0914. The van der Waals surface area contributed by atoms with Crippen LogP contribution in [0.2, 0.25) is 0 Å². The van der Waals surface area contributed by atoms with Crippen LogP contribution in [-0.4, -0.2) is 41.3 Å². The normalized spacial score (nSPS) is 12.0. The molecule has 0 rings (SSSR count). The molecule has 0 aromatic rings. The van der Waals surface area contributed by atoms with Gasteiger partial charge in [-0.2, -0.15) is 8.42 Å². The van der Waals surface area contributed by atoms with E-state index in [1.165, 1.54) is 38.5 Å². The van der Waals surface area contributed by atoms with Crippen molar-refractivity contribution in [2.24, 2.45) is 0 Å². The first-order chi connectivity index (χ1) is 14.2. The van der Waals surface area contributed by atoms with Crippen molar-refractivity contribution in [2.45, 2.75) is 116 Å². The van der Waals surface area contributed by atoms with E-state index in [-0.39, 0.29) is 43.1 Å². The fraction of sp³-hybridized carbons (Fsp3) is 0.864. The van der Waals surface area contributed by atoms with Crippen molar-refractivity contribution < 1.29 is 63.1 Å². The van der Waals surface area contributed by atoms with Gasteiger partial charge in [-0.1, -0.05) is 77.4 Å². The van der Waals surface area contributed by atoms with Gasteiger partial charge < -0.3 is 11.3 Å². The molecule has 0 heterocycles. The van der Waals surface area contributed by atoms with E-state index in [1.54, 1.807) is 0 Å². The Labute approximate surface area is 213 Å². The zero-order chi connectivity index (χ0) is 23.1. The van der Waals surface area contributed by atoms with Gasteiger partial charge in [-0.15, -0.1) is 0 Å². The van der Waals surface area contributed by atoms with Crippen molar-refractivity contribution in [3.63, 3.8) is 0 Å². The van der Waals surface area contributed by atoms with Crippen LogP contribution in [0.5, 0.6) is 0 Å². The summed E-state index contributed by atoms with van der Waals surface area (Å²) in [6.45, 7) is 4.89. The first kappa shape index (κ1) is 35.6. The summed E-state index contributed by atoms with van der Waals surface area (Å²) in [6.07, 6.45) is 20.2. The van der Waals surface area contributed by atoms with Crippen LogP contribution in [0.4, 0.5) is 0 Å². The zero-order valence-corrected chi connectivity index (χ0v) is 22.7. The molecule has 7 nitrogen and oxygen atoms in total. The second kappa shape index (κ2) is 26.3. The molecule has 0 aliphatic carbocycles. The third kappa shape index (κ3) is 40.9. The standard InChI is InChI=1S/C22H42O3.Na.H2O4S.H/c1-3-5-7-14-17-21(23)18-15-12-10-8-9-11-13-16-19-22(24)25-20-6-4-2;;1-5(2,3)4;/h12,15,21,23H,3-11,13-14,16-20H2,1-2H3;;(H2,1,2,3,4);/q;+1;;-1/b15-12-;;;/t21-;;;/m1.../s1. The monoisotopic (exact) mass is 476 g/mol. The molecule has 0 fully saturated rings. The number of unbranched alkanes of at least 4 members (excludes halogenated alkanes) is 9. The Bertz CT molecular complexity index is 508. The van der Waals surface area contributed by atoms with E-state index in [1.807, 2.05) is 0 Å². The Morgan fingerprint density at radius 1 is 0.903 bits per heavy atom. The molecular weight excluding hydrogens is 431 g/mol. The number of hydrogen-bond donors (Lipinski definition) is 3. The van der Waals surface area contributed by atoms with Crippen LogP contribution in [0.15, 0.2) is 12.2 Å². The van der Waals surface area contributed by atoms with Crippen LogP contribution in [0.3, 0.4) is 0 Å². The zero-order valence-electron chi connectivity index (χ0n) is 20.9. The molecule has 0 saturated heterocycles.